The highest BCUT2D eigenvalue weighted by Crippen LogP contribution is 2.23. The van der Waals surface area contributed by atoms with Crippen molar-refractivity contribution in [1.29, 1.82) is 0 Å². The first-order chi connectivity index (χ1) is 11.7. The van der Waals surface area contributed by atoms with Crippen LogP contribution in [0.2, 0.25) is 0 Å². The van der Waals surface area contributed by atoms with Crippen molar-refractivity contribution in [3.63, 3.8) is 0 Å². The fraction of sp³-hybridized carbons (Fsp3) is 0.235. The lowest BCUT2D eigenvalue weighted by molar-refractivity contribution is -0.127. The quantitative estimate of drug-likeness (QED) is 0.644. The van der Waals surface area contributed by atoms with E-state index < -0.39 is 0 Å². The zero-order valence-electron chi connectivity index (χ0n) is 13.5. The first-order valence-corrected chi connectivity index (χ1v) is 8.45. The van der Waals surface area contributed by atoms with Crippen LogP contribution in [0.15, 0.2) is 53.6 Å². The van der Waals surface area contributed by atoms with Crippen LogP contribution in [0.25, 0.3) is 5.65 Å². The first kappa shape index (κ1) is 16.3. The van der Waals surface area contributed by atoms with Crippen molar-refractivity contribution in [2.24, 2.45) is 0 Å². The minimum absolute atomic E-state index is 0.0375. The van der Waals surface area contributed by atoms with Gasteiger partial charge < -0.3 is 9.64 Å². The van der Waals surface area contributed by atoms with Crippen molar-refractivity contribution in [2.45, 2.75) is 11.4 Å². The molecule has 7 heteroatoms. The van der Waals surface area contributed by atoms with Gasteiger partial charge in [0.15, 0.2) is 11.5 Å². The standard InChI is InChI=1S/C17H18N4O2S/c1-20(11-16-19-18-15-8-3-4-9-21(15)16)17(22)12-24-14-7-5-6-13(10-14)23-2/h3-10H,11-12H2,1-2H3. The molecule has 0 aliphatic carbocycles. The van der Waals surface area contributed by atoms with E-state index >= 15 is 0 Å². The number of carbonyl (C=O) groups excluding carboxylic acids is 1. The van der Waals surface area contributed by atoms with Crippen molar-refractivity contribution in [2.75, 3.05) is 19.9 Å². The number of aromatic nitrogens is 3. The normalized spacial score (nSPS) is 10.8. The molecule has 2 aromatic heterocycles. The van der Waals surface area contributed by atoms with Crippen LogP contribution in [0.4, 0.5) is 0 Å². The van der Waals surface area contributed by atoms with Crippen LogP contribution in [0.3, 0.4) is 0 Å². The van der Waals surface area contributed by atoms with Crippen molar-refractivity contribution < 1.29 is 9.53 Å². The van der Waals surface area contributed by atoms with E-state index in [2.05, 4.69) is 10.2 Å². The number of rotatable bonds is 6. The Balaban J connectivity index is 1.60. The molecule has 1 amide bonds. The van der Waals surface area contributed by atoms with E-state index in [-0.39, 0.29) is 5.91 Å². The Morgan fingerprint density at radius 1 is 1.25 bits per heavy atom. The average molecular weight is 342 g/mol. The van der Waals surface area contributed by atoms with Crippen molar-refractivity contribution in [3.8, 4) is 5.75 Å². The minimum atomic E-state index is 0.0375. The highest BCUT2D eigenvalue weighted by Gasteiger charge is 2.13. The van der Waals surface area contributed by atoms with E-state index in [1.165, 1.54) is 11.8 Å². The van der Waals surface area contributed by atoms with Crippen molar-refractivity contribution >= 4 is 23.3 Å². The SMILES string of the molecule is COc1cccc(SCC(=O)N(C)Cc2nnc3ccccn23)c1. The average Bonchev–Trinajstić information content (AvgIpc) is 3.03. The van der Waals surface area contributed by atoms with Gasteiger partial charge >= 0.3 is 0 Å². The number of ether oxygens (including phenoxy) is 1. The molecule has 0 radical (unpaired) electrons. The van der Waals surface area contributed by atoms with Crippen LogP contribution in [0.1, 0.15) is 5.82 Å². The van der Waals surface area contributed by atoms with Gasteiger partial charge in [0.05, 0.1) is 19.4 Å². The van der Waals surface area contributed by atoms with E-state index in [1.807, 2.05) is 53.1 Å². The molecule has 0 aliphatic rings. The molecular weight excluding hydrogens is 324 g/mol. The first-order valence-electron chi connectivity index (χ1n) is 7.47. The molecule has 3 rings (SSSR count). The molecule has 6 nitrogen and oxygen atoms in total. The lowest BCUT2D eigenvalue weighted by Crippen LogP contribution is -2.28. The van der Waals surface area contributed by atoms with Gasteiger partial charge in [-0.25, -0.2) is 0 Å². The van der Waals surface area contributed by atoms with Gasteiger partial charge in [0, 0.05) is 18.1 Å². The molecule has 0 saturated carbocycles. The number of amides is 1. The molecule has 24 heavy (non-hydrogen) atoms. The molecule has 0 unspecified atom stereocenters. The summed E-state index contributed by atoms with van der Waals surface area (Å²) in [7, 11) is 3.41. The fourth-order valence-electron chi connectivity index (χ4n) is 2.25. The maximum atomic E-state index is 12.3. The number of carbonyl (C=O) groups is 1. The van der Waals surface area contributed by atoms with E-state index in [1.54, 1.807) is 19.1 Å². The largest absolute Gasteiger partial charge is 0.497 e. The van der Waals surface area contributed by atoms with Gasteiger partial charge in [0.1, 0.15) is 5.75 Å². The Kier molecular flexibility index (Phi) is 5.00. The summed E-state index contributed by atoms with van der Waals surface area (Å²) in [5.41, 5.74) is 0.777. The number of fused-ring (bicyclic) bond motifs is 1. The molecule has 3 aromatic rings. The Bertz CT molecular complexity index is 849. The molecule has 0 spiro atoms. The number of benzene rings is 1. The molecule has 1 aromatic carbocycles. The van der Waals surface area contributed by atoms with Crippen LogP contribution in [-0.2, 0) is 11.3 Å². The Labute approximate surface area is 144 Å². The highest BCUT2D eigenvalue weighted by atomic mass is 32.2. The van der Waals surface area contributed by atoms with Gasteiger partial charge in [-0.1, -0.05) is 12.1 Å². The van der Waals surface area contributed by atoms with Crippen molar-refractivity contribution in [1.82, 2.24) is 19.5 Å². The van der Waals surface area contributed by atoms with Gasteiger partial charge in [-0.15, -0.1) is 22.0 Å². The van der Waals surface area contributed by atoms with Gasteiger partial charge in [0.25, 0.3) is 0 Å². The van der Waals surface area contributed by atoms with Gasteiger partial charge in [-0.2, -0.15) is 0 Å². The summed E-state index contributed by atoms with van der Waals surface area (Å²) < 4.78 is 7.08. The maximum absolute atomic E-state index is 12.3. The van der Waals surface area contributed by atoms with Gasteiger partial charge in [0.2, 0.25) is 5.91 Å². The molecule has 124 valence electrons. The molecule has 0 aliphatic heterocycles. The number of pyridine rings is 1. The summed E-state index contributed by atoms with van der Waals surface area (Å²) in [5, 5.41) is 8.25. The van der Waals surface area contributed by atoms with E-state index in [9.17, 15) is 4.79 Å². The Hall–Kier alpha value is -2.54. The summed E-state index contributed by atoms with van der Waals surface area (Å²) >= 11 is 1.49. The maximum Gasteiger partial charge on any atom is 0.233 e. The molecule has 2 heterocycles. The second kappa shape index (κ2) is 7.35. The lowest BCUT2D eigenvalue weighted by atomic mass is 10.3. The third-order valence-electron chi connectivity index (χ3n) is 3.59. The topological polar surface area (TPSA) is 59.7 Å². The summed E-state index contributed by atoms with van der Waals surface area (Å²) in [6.45, 7) is 0.419. The van der Waals surface area contributed by atoms with E-state index in [0.717, 1.165) is 22.1 Å². The number of methoxy groups -OCH3 is 1. The Morgan fingerprint density at radius 2 is 2.12 bits per heavy atom. The predicted octanol–water partition coefficient (Wildman–Crippen LogP) is 2.49. The second-order valence-corrected chi connectivity index (χ2v) is 6.31. The van der Waals surface area contributed by atoms with Gasteiger partial charge in [-0.05, 0) is 30.3 Å². The summed E-state index contributed by atoms with van der Waals surface area (Å²) in [6, 6.07) is 13.4. The number of thioether (sulfide) groups is 1. The Morgan fingerprint density at radius 3 is 2.96 bits per heavy atom. The number of nitrogens with zero attached hydrogens (tertiary/aromatic N) is 4. The molecule has 0 bridgehead atoms. The van der Waals surface area contributed by atoms with Crippen LogP contribution >= 0.6 is 11.8 Å². The van der Waals surface area contributed by atoms with Crippen LogP contribution in [0, 0.1) is 0 Å². The van der Waals surface area contributed by atoms with Gasteiger partial charge in [-0.3, -0.25) is 9.20 Å². The number of hydrogen-bond donors (Lipinski definition) is 0. The van der Waals surface area contributed by atoms with Crippen LogP contribution in [-0.4, -0.2) is 45.3 Å². The van der Waals surface area contributed by atoms with E-state index in [4.69, 9.17) is 4.74 Å². The monoisotopic (exact) mass is 342 g/mol. The summed E-state index contributed by atoms with van der Waals surface area (Å²) in [6.07, 6.45) is 1.90. The smallest absolute Gasteiger partial charge is 0.233 e. The fourth-order valence-corrected chi connectivity index (χ4v) is 3.13. The molecule has 0 fully saturated rings. The van der Waals surface area contributed by atoms with Crippen molar-refractivity contribution in [3.05, 3.63) is 54.5 Å². The molecule has 0 N–H and O–H groups in total. The lowest BCUT2D eigenvalue weighted by Gasteiger charge is -2.16. The summed E-state index contributed by atoms with van der Waals surface area (Å²) in [5.74, 6) is 1.93. The molecule has 0 atom stereocenters. The zero-order valence-corrected chi connectivity index (χ0v) is 14.4. The molecule has 0 saturated heterocycles. The second-order valence-electron chi connectivity index (χ2n) is 5.26. The third kappa shape index (κ3) is 3.68. The number of hydrogen-bond acceptors (Lipinski definition) is 5. The minimum Gasteiger partial charge on any atom is -0.497 e. The van der Waals surface area contributed by atoms with Crippen LogP contribution in [0.5, 0.6) is 5.75 Å². The zero-order chi connectivity index (χ0) is 16.9. The predicted molar refractivity (Wildman–Crippen MR) is 93.2 cm³/mol. The third-order valence-corrected chi connectivity index (χ3v) is 4.57. The summed E-state index contributed by atoms with van der Waals surface area (Å²) in [4.78, 5) is 15.0. The van der Waals surface area contributed by atoms with Crippen LogP contribution < -0.4 is 4.74 Å². The molecular formula is C17H18N4O2S. The highest BCUT2D eigenvalue weighted by molar-refractivity contribution is 8.00. The van der Waals surface area contributed by atoms with E-state index in [0.29, 0.717) is 12.3 Å².